The van der Waals surface area contributed by atoms with Crippen LogP contribution in [-0.2, 0) is 4.79 Å². The van der Waals surface area contributed by atoms with Crippen LogP contribution in [0.1, 0.15) is 33.3 Å². The molecule has 142 valence electrons. The molecular weight excluding hydrogens is 431 g/mol. The van der Waals surface area contributed by atoms with Gasteiger partial charge in [-0.3, -0.25) is 4.79 Å². The molecule has 0 radical (unpaired) electrons. The molecule has 0 unspecified atom stereocenters. The van der Waals surface area contributed by atoms with Gasteiger partial charge in [-0.05, 0) is 52.3 Å². The smallest absolute Gasteiger partial charge is 0.242 e. The van der Waals surface area contributed by atoms with E-state index in [-0.39, 0.29) is 42.0 Å². The van der Waals surface area contributed by atoms with Gasteiger partial charge in [0.1, 0.15) is 18.9 Å². The summed E-state index contributed by atoms with van der Waals surface area (Å²) in [5.74, 6) is 1.36. The number of ether oxygens (including phenoxy) is 1. The normalized spacial score (nSPS) is 11.3. The van der Waals surface area contributed by atoms with Crippen molar-refractivity contribution in [3.05, 3.63) is 29.8 Å². The van der Waals surface area contributed by atoms with Crippen molar-refractivity contribution in [2.45, 2.75) is 40.2 Å². The maximum absolute atomic E-state index is 11.8. The lowest BCUT2D eigenvalue weighted by molar-refractivity contribution is -0.121. The van der Waals surface area contributed by atoms with E-state index in [1.807, 2.05) is 58.9 Å². The lowest BCUT2D eigenvalue weighted by atomic mass is 10.1. The number of amides is 1. The fourth-order valence-electron chi connectivity index (χ4n) is 1.99. The molecule has 7 heteroatoms. The SMILES string of the molecule is CCNC(=NCC(=O)NC(C)(C)C)NCCOc1cccc(C)c1.I. The number of hydrogen-bond acceptors (Lipinski definition) is 3. The number of benzene rings is 1. The molecule has 1 aromatic carbocycles. The van der Waals surface area contributed by atoms with Gasteiger partial charge in [-0.2, -0.15) is 0 Å². The molecule has 0 atom stereocenters. The Morgan fingerprint density at radius 1 is 1.24 bits per heavy atom. The van der Waals surface area contributed by atoms with Crippen LogP contribution in [0, 0.1) is 6.92 Å². The van der Waals surface area contributed by atoms with Gasteiger partial charge in [-0.25, -0.2) is 4.99 Å². The highest BCUT2D eigenvalue weighted by Gasteiger charge is 2.13. The standard InChI is InChI=1S/C18H30N4O2.HI/c1-6-19-17(21-13-16(23)22-18(3,4)5)20-10-11-24-15-9-7-8-14(2)12-15;/h7-9,12H,6,10-11,13H2,1-5H3,(H,22,23)(H2,19,20,21);1H. The molecule has 0 bridgehead atoms. The third kappa shape index (κ3) is 11.6. The fraction of sp³-hybridized carbons (Fsp3) is 0.556. The van der Waals surface area contributed by atoms with Crippen molar-refractivity contribution < 1.29 is 9.53 Å². The molecule has 0 heterocycles. The number of halogens is 1. The van der Waals surface area contributed by atoms with Gasteiger partial charge in [0, 0.05) is 12.1 Å². The molecule has 0 saturated carbocycles. The maximum Gasteiger partial charge on any atom is 0.242 e. The van der Waals surface area contributed by atoms with E-state index in [9.17, 15) is 4.79 Å². The Kier molecular flexibility index (Phi) is 11.2. The van der Waals surface area contributed by atoms with E-state index < -0.39 is 0 Å². The number of rotatable bonds is 7. The molecule has 0 aromatic heterocycles. The number of carbonyl (C=O) groups excluding carboxylic acids is 1. The lowest BCUT2D eigenvalue weighted by Gasteiger charge is -2.20. The molecule has 3 N–H and O–H groups in total. The summed E-state index contributed by atoms with van der Waals surface area (Å²) in [5.41, 5.74) is 0.917. The number of carbonyl (C=O) groups is 1. The van der Waals surface area contributed by atoms with Gasteiger partial charge in [-0.15, -0.1) is 24.0 Å². The molecule has 0 aliphatic carbocycles. The van der Waals surface area contributed by atoms with E-state index in [0.29, 0.717) is 19.1 Å². The highest BCUT2D eigenvalue weighted by atomic mass is 127. The summed E-state index contributed by atoms with van der Waals surface area (Å²) in [6.07, 6.45) is 0. The predicted molar refractivity (Wildman–Crippen MR) is 114 cm³/mol. The Morgan fingerprint density at radius 2 is 1.96 bits per heavy atom. The fourth-order valence-corrected chi connectivity index (χ4v) is 1.99. The van der Waals surface area contributed by atoms with E-state index in [1.165, 1.54) is 5.56 Å². The van der Waals surface area contributed by atoms with E-state index >= 15 is 0 Å². The zero-order chi connectivity index (χ0) is 18.0. The topological polar surface area (TPSA) is 74.8 Å². The van der Waals surface area contributed by atoms with Crippen molar-refractivity contribution in [3.8, 4) is 5.75 Å². The molecule has 1 rings (SSSR count). The number of guanidine groups is 1. The first kappa shape index (κ1) is 23.5. The molecule has 1 aromatic rings. The zero-order valence-corrected chi connectivity index (χ0v) is 18.1. The highest BCUT2D eigenvalue weighted by Crippen LogP contribution is 2.11. The third-order valence-electron chi connectivity index (χ3n) is 2.89. The van der Waals surface area contributed by atoms with Crippen LogP contribution in [0.3, 0.4) is 0 Å². The minimum atomic E-state index is -0.250. The minimum absolute atomic E-state index is 0. The van der Waals surface area contributed by atoms with Gasteiger partial charge in [0.15, 0.2) is 5.96 Å². The first-order valence-electron chi connectivity index (χ1n) is 8.33. The Hall–Kier alpha value is -1.51. The van der Waals surface area contributed by atoms with Crippen molar-refractivity contribution in [2.24, 2.45) is 4.99 Å². The Bertz CT molecular complexity index is 556. The highest BCUT2D eigenvalue weighted by molar-refractivity contribution is 14.0. The summed E-state index contributed by atoms with van der Waals surface area (Å²) in [5, 5.41) is 9.15. The number of hydrogen-bond donors (Lipinski definition) is 3. The van der Waals surface area contributed by atoms with E-state index in [1.54, 1.807) is 0 Å². The molecule has 1 amide bonds. The van der Waals surface area contributed by atoms with Crippen LogP contribution >= 0.6 is 24.0 Å². The summed E-state index contributed by atoms with van der Waals surface area (Å²) in [6.45, 7) is 11.8. The number of aryl methyl sites for hydroxylation is 1. The van der Waals surface area contributed by atoms with Crippen molar-refractivity contribution in [1.82, 2.24) is 16.0 Å². The zero-order valence-electron chi connectivity index (χ0n) is 15.8. The molecular formula is C18H31IN4O2. The van der Waals surface area contributed by atoms with Crippen LogP contribution in [-0.4, -0.2) is 43.6 Å². The van der Waals surface area contributed by atoms with Crippen LogP contribution in [0.4, 0.5) is 0 Å². The average Bonchev–Trinajstić information content (AvgIpc) is 2.47. The first-order chi connectivity index (χ1) is 11.3. The molecule has 0 fully saturated rings. The van der Waals surface area contributed by atoms with Crippen LogP contribution < -0.4 is 20.7 Å². The summed E-state index contributed by atoms with van der Waals surface area (Å²) in [7, 11) is 0. The van der Waals surface area contributed by atoms with Gasteiger partial charge in [-0.1, -0.05) is 12.1 Å². The first-order valence-corrected chi connectivity index (χ1v) is 8.33. The average molecular weight is 462 g/mol. The molecule has 0 saturated heterocycles. The van der Waals surface area contributed by atoms with Crippen LogP contribution in [0.25, 0.3) is 0 Å². The monoisotopic (exact) mass is 462 g/mol. The minimum Gasteiger partial charge on any atom is -0.492 e. The van der Waals surface area contributed by atoms with Crippen molar-refractivity contribution in [1.29, 1.82) is 0 Å². The van der Waals surface area contributed by atoms with Gasteiger partial charge in [0.05, 0.1) is 6.54 Å². The van der Waals surface area contributed by atoms with Crippen molar-refractivity contribution >= 4 is 35.8 Å². The molecule has 6 nitrogen and oxygen atoms in total. The quantitative estimate of drug-likeness (QED) is 0.252. The van der Waals surface area contributed by atoms with Gasteiger partial charge < -0.3 is 20.7 Å². The molecule has 0 aliphatic rings. The Balaban J connectivity index is 0.00000576. The van der Waals surface area contributed by atoms with Crippen LogP contribution in [0.2, 0.25) is 0 Å². The van der Waals surface area contributed by atoms with Gasteiger partial charge in [0.25, 0.3) is 0 Å². The van der Waals surface area contributed by atoms with Crippen LogP contribution in [0.15, 0.2) is 29.3 Å². The summed E-state index contributed by atoms with van der Waals surface area (Å²) in [4.78, 5) is 16.1. The van der Waals surface area contributed by atoms with Gasteiger partial charge in [0.2, 0.25) is 5.91 Å². The number of aliphatic imine (C=N–C) groups is 1. The number of nitrogens with one attached hydrogen (secondary N) is 3. The Labute approximate surface area is 168 Å². The van der Waals surface area contributed by atoms with Crippen molar-refractivity contribution in [2.75, 3.05) is 26.2 Å². The number of nitrogens with zero attached hydrogens (tertiary/aromatic N) is 1. The van der Waals surface area contributed by atoms with E-state index in [4.69, 9.17) is 4.74 Å². The molecule has 0 spiro atoms. The molecule has 0 aliphatic heterocycles. The Morgan fingerprint density at radius 3 is 2.56 bits per heavy atom. The van der Waals surface area contributed by atoms with Gasteiger partial charge >= 0.3 is 0 Å². The summed E-state index contributed by atoms with van der Waals surface area (Å²) >= 11 is 0. The second-order valence-electron chi connectivity index (χ2n) is 6.59. The maximum atomic E-state index is 11.8. The van der Waals surface area contributed by atoms with Crippen LogP contribution in [0.5, 0.6) is 5.75 Å². The van der Waals surface area contributed by atoms with E-state index in [0.717, 1.165) is 12.3 Å². The largest absolute Gasteiger partial charge is 0.492 e. The third-order valence-corrected chi connectivity index (χ3v) is 2.89. The lowest BCUT2D eigenvalue weighted by Crippen LogP contribution is -2.43. The van der Waals surface area contributed by atoms with E-state index in [2.05, 4.69) is 20.9 Å². The second-order valence-corrected chi connectivity index (χ2v) is 6.59. The second kappa shape index (κ2) is 11.9. The summed E-state index contributed by atoms with van der Waals surface area (Å²) < 4.78 is 5.68. The molecule has 25 heavy (non-hydrogen) atoms. The van der Waals surface area contributed by atoms with Crippen molar-refractivity contribution in [3.63, 3.8) is 0 Å². The summed E-state index contributed by atoms with van der Waals surface area (Å²) in [6, 6.07) is 7.93. The predicted octanol–water partition coefficient (Wildman–Crippen LogP) is 2.46.